The molecule has 1 rings (SSSR count). The number of hydrogen-bond acceptors (Lipinski definition) is 3. The maximum absolute atomic E-state index is 4.47. The summed E-state index contributed by atoms with van der Waals surface area (Å²) in [4.78, 5) is 4.47. The standard InChI is InChI=1S/C16H32N4/c1-12(2)7-15(9-17-14(5)6)8-16-18-11-19-20(16)10-13(3)4/h11-15,17H,7-10H2,1-6H3. The average Bonchev–Trinajstić information content (AvgIpc) is 2.72. The summed E-state index contributed by atoms with van der Waals surface area (Å²) in [5.74, 6) is 3.09. The zero-order valence-electron chi connectivity index (χ0n) is 14.1. The molecule has 20 heavy (non-hydrogen) atoms. The Labute approximate surface area is 124 Å². The molecule has 4 heteroatoms. The molecule has 116 valence electrons. The molecule has 0 saturated carbocycles. The Morgan fingerprint density at radius 1 is 1.10 bits per heavy atom. The molecule has 0 bridgehead atoms. The highest BCUT2D eigenvalue weighted by atomic mass is 15.3. The molecule has 1 unspecified atom stereocenters. The molecule has 0 aliphatic rings. The third-order valence-electron chi connectivity index (χ3n) is 3.32. The molecule has 0 aliphatic heterocycles. The molecule has 0 saturated heterocycles. The van der Waals surface area contributed by atoms with Crippen LogP contribution in [0.25, 0.3) is 0 Å². The van der Waals surface area contributed by atoms with E-state index in [1.165, 1.54) is 6.42 Å². The van der Waals surface area contributed by atoms with Crippen LogP contribution in [0.4, 0.5) is 0 Å². The second-order valence-corrected chi connectivity index (χ2v) is 7.01. The smallest absolute Gasteiger partial charge is 0.138 e. The molecule has 1 atom stereocenters. The van der Waals surface area contributed by atoms with Crippen molar-refractivity contribution < 1.29 is 0 Å². The molecule has 1 aromatic heterocycles. The van der Waals surface area contributed by atoms with Gasteiger partial charge in [-0.2, -0.15) is 5.10 Å². The van der Waals surface area contributed by atoms with Gasteiger partial charge in [0.05, 0.1) is 0 Å². The third kappa shape index (κ3) is 6.51. The van der Waals surface area contributed by atoms with Crippen molar-refractivity contribution >= 4 is 0 Å². The predicted octanol–water partition coefficient (Wildman–Crippen LogP) is 3.14. The van der Waals surface area contributed by atoms with E-state index in [9.17, 15) is 0 Å². The van der Waals surface area contributed by atoms with Gasteiger partial charge in [-0.25, -0.2) is 9.67 Å². The van der Waals surface area contributed by atoms with E-state index in [-0.39, 0.29) is 0 Å². The average molecular weight is 280 g/mol. The third-order valence-corrected chi connectivity index (χ3v) is 3.32. The van der Waals surface area contributed by atoms with Gasteiger partial charge in [-0.05, 0) is 30.7 Å². The zero-order valence-corrected chi connectivity index (χ0v) is 14.1. The van der Waals surface area contributed by atoms with Gasteiger partial charge in [0.25, 0.3) is 0 Å². The van der Waals surface area contributed by atoms with Crippen molar-refractivity contribution in [3.8, 4) is 0 Å². The number of aromatic nitrogens is 3. The Balaban J connectivity index is 2.65. The monoisotopic (exact) mass is 280 g/mol. The second-order valence-electron chi connectivity index (χ2n) is 7.01. The maximum Gasteiger partial charge on any atom is 0.138 e. The van der Waals surface area contributed by atoms with E-state index in [0.717, 1.165) is 31.3 Å². The van der Waals surface area contributed by atoms with E-state index in [1.54, 1.807) is 6.33 Å². The minimum absolute atomic E-state index is 0.540. The van der Waals surface area contributed by atoms with Crippen LogP contribution in [-0.4, -0.2) is 27.4 Å². The molecule has 0 amide bonds. The molecule has 1 aromatic rings. The highest BCUT2D eigenvalue weighted by molar-refractivity contribution is 4.89. The van der Waals surface area contributed by atoms with Crippen LogP contribution in [0.2, 0.25) is 0 Å². The molecule has 0 fully saturated rings. The van der Waals surface area contributed by atoms with Gasteiger partial charge in [0.2, 0.25) is 0 Å². The van der Waals surface area contributed by atoms with E-state index < -0.39 is 0 Å². The number of nitrogens with zero attached hydrogens (tertiary/aromatic N) is 3. The lowest BCUT2D eigenvalue weighted by molar-refractivity contribution is 0.357. The topological polar surface area (TPSA) is 42.7 Å². The Morgan fingerprint density at radius 3 is 2.35 bits per heavy atom. The molecular weight excluding hydrogens is 248 g/mol. The molecule has 1 N–H and O–H groups in total. The van der Waals surface area contributed by atoms with E-state index in [0.29, 0.717) is 17.9 Å². The molecule has 0 spiro atoms. The highest BCUT2D eigenvalue weighted by Gasteiger charge is 2.16. The summed E-state index contributed by atoms with van der Waals surface area (Å²) in [6, 6.07) is 0.540. The van der Waals surface area contributed by atoms with Crippen LogP contribution in [0, 0.1) is 17.8 Å². The molecule has 0 aliphatic carbocycles. The van der Waals surface area contributed by atoms with E-state index in [4.69, 9.17) is 0 Å². The van der Waals surface area contributed by atoms with Crippen molar-refractivity contribution in [2.45, 2.75) is 67.0 Å². The van der Waals surface area contributed by atoms with E-state index >= 15 is 0 Å². The van der Waals surface area contributed by atoms with Gasteiger partial charge >= 0.3 is 0 Å². The maximum atomic E-state index is 4.47. The Kier molecular flexibility index (Phi) is 7.20. The molecule has 0 radical (unpaired) electrons. The van der Waals surface area contributed by atoms with Crippen molar-refractivity contribution in [3.63, 3.8) is 0 Å². The molecular formula is C16H32N4. The molecule has 0 aromatic carbocycles. The highest BCUT2D eigenvalue weighted by Crippen LogP contribution is 2.16. The normalized spacial score (nSPS) is 13.7. The summed E-state index contributed by atoms with van der Waals surface area (Å²) in [6.45, 7) is 15.4. The predicted molar refractivity (Wildman–Crippen MR) is 84.6 cm³/mol. The Bertz CT molecular complexity index is 368. The lowest BCUT2D eigenvalue weighted by atomic mass is 9.93. The first kappa shape index (κ1) is 17.2. The quantitative estimate of drug-likeness (QED) is 0.755. The largest absolute Gasteiger partial charge is 0.314 e. The summed E-state index contributed by atoms with van der Waals surface area (Å²) in [6.07, 6.45) is 3.94. The van der Waals surface area contributed by atoms with Crippen LogP contribution >= 0.6 is 0 Å². The first-order valence-corrected chi connectivity index (χ1v) is 7.98. The Hall–Kier alpha value is -0.900. The van der Waals surface area contributed by atoms with Gasteiger partial charge in [0.15, 0.2) is 0 Å². The van der Waals surface area contributed by atoms with Gasteiger partial charge in [0.1, 0.15) is 12.2 Å². The summed E-state index contributed by atoms with van der Waals surface area (Å²) in [5.41, 5.74) is 0. The van der Waals surface area contributed by atoms with Crippen molar-refractivity contribution in [2.24, 2.45) is 17.8 Å². The van der Waals surface area contributed by atoms with Gasteiger partial charge in [-0.15, -0.1) is 0 Å². The van der Waals surface area contributed by atoms with Crippen molar-refractivity contribution in [2.75, 3.05) is 6.54 Å². The first-order chi connectivity index (χ1) is 9.38. The van der Waals surface area contributed by atoms with E-state index in [1.807, 2.05) is 0 Å². The van der Waals surface area contributed by atoms with Gasteiger partial charge in [0, 0.05) is 19.0 Å². The van der Waals surface area contributed by atoms with Crippen LogP contribution in [0.3, 0.4) is 0 Å². The SMILES string of the molecule is CC(C)CC(CNC(C)C)Cc1ncnn1CC(C)C. The van der Waals surface area contributed by atoms with E-state index in [2.05, 4.69) is 61.6 Å². The van der Waals surface area contributed by atoms with Crippen LogP contribution in [-0.2, 0) is 13.0 Å². The number of nitrogens with one attached hydrogen (secondary N) is 1. The van der Waals surface area contributed by atoms with Gasteiger partial charge in [-0.1, -0.05) is 41.5 Å². The molecule has 4 nitrogen and oxygen atoms in total. The van der Waals surface area contributed by atoms with Crippen molar-refractivity contribution in [1.29, 1.82) is 0 Å². The Morgan fingerprint density at radius 2 is 1.80 bits per heavy atom. The zero-order chi connectivity index (χ0) is 15.1. The molecule has 1 heterocycles. The first-order valence-electron chi connectivity index (χ1n) is 7.98. The van der Waals surface area contributed by atoms with Gasteiger partial charge in [-0.3, -0.25) is 0 Å². The fourth-order valence-corrected chi connectivity index (χ4v) is 2.51. The van der Waals surface area contributed by atoms with Crippen LogP contribution in [0.15, 0.2) is 6.33 Å². The van der Waals surface area contributed by atoms with Crippen molar-refractivity contribution in [3.05, 3.63) is 12.2 Å². The fraction of sp³-hybridized carbons (Fsp3) is 0.875. The lowest BCUT2D eigenvalue weighted by Crippen LogP contribution is -2.31. The van der Waals surface area contributed by atoms with Crippen LogP contribution < -0.4 is 5.32 Å². The number of hydrogen-bond donors (Lipinski definition) is 1. The van der Waals surface area contributed by atoms with Gasteiger partial charge < -0.3 is 5.32 Å². The van der Waals surface area contributed by atoms with Crippen LogP contribution in [0.1, 0.15) is 53.8 Å². The van der Waals surface area contributed by atoms with Crippen molar-refractivity contribution in [1.82, 2.24) is 20.1 Å². The minimum atomic E-state index is 0.540. The summed E-state index contributed by atoms with van der Waals surface area (Å²) < 4.78 is 2.08. The summed E-state index contributed by atoms with van der Waals surface area (Å²) >= 11 is 0. The summed E-state index contributed by atoms with van der Waals surface area (Å²) in [7, 11) is 0. The van der Waals surface area contributed by atoms with Crippen LogP contribution in [0.5, 0.6) is 0 Å². The number of rotatable bonds is 9. The fourth-order valence-electron chi connectivity index (χ4n) is 2.51. The lowest BCUT2D eigenvalue weighted by Gasteiger charge is -2.21. The summed E-state index contributed by atoms with van der Waals surface area (Å²) in [5, 5.41) is 7.94. The minimum Gasteiger partial charge on any atom is -0.314 e. The second kappa shape index (κ2) is 8.40.